The van der Waals surface area contributed by atoms with Crippen molar-refractivity contribution in [3.63, 3.8) is 0 Å². The molecule has 2 aromatic rings. The average molecular weight is 351 g/mol. The fourth-order valence-electron chi connectivity index (χ4n) is 4.34. The van der Waals surface area contributed by atoms with Crippen LogP contribution in [-0.4, -0.2) is 42.2 Å². The van der Waals surface area contributed by atoms with Crippen LogP contribution in [0.4, 0.5) is 0 Å². The van der Waals surface area contributed by atoms with E-state index in [1.165, 1.54) is 38.0 Å². The van der Waals surface area contributed by atoms with Crippen molar-refractivity contribution < 1.29 is 9.47 Å². The number of nitrogens with one attached hydrogen (secondary N) is 1. The summed E-state index contributed by atoms with van der Waals surface area (Å²) in [5, 5.41) is 3.68. The molecule has 4 aliphatic rings. The number of piperidine rings is 1. The largest absolute Gasteiger partial charge is 0.484 e. The Kier molecular flexibility index (Phi) is 4.27. The Morgan fingerprint density at radius 1 is 1.12 bits per heavy atom. The minimum absolute atomic E-state index is 0.0929. The first-order chi connectivity index (χ1) is 12.8. The minimum Gasteiger partial charge on any atom is -0.484 e. The highest BCUT2D eigenvalue weighted by atomic mass is 16.6. The molecule has 0 spiro atoms. The molecule has 1 aromatic carbocycles. The molecule has 0 amide bonds. The van der Waals surface area contributed by atoms with Crippen LogP contribution in [0.5, 0.6) is 11.6 Å². The topological polar surface area (TPSA) is 46.6 Å². The van der Waals surface area contributed by atoms with Crippen molar-refractivity contribution in [2.75, 3.05) is 26.2 Å². The molecule has 1 aromatic heterocycles. The highest BCUT2D eigenvalue weighted by molar-refractivity contribution is 5.35. The number of hydrogen-bond donors (Lipinski definition) is 1. The van der Waals surface area contributed by atoms with Gasteiger partial charge in [0, 0.05) is 31.9 Å². The fourth-order valence-corrected chi connectivity index (χ4v) is 4.34. The van der Waals surface area contributed by atoms with E-state index in [1.54, 1.807) is 6.20 Å². The number of aromatic nitrogens is 1. The number of pyridine rings is 1. The smallest absolute Gasteiger partial charge is 0.257 e. The van der Waals surface area contributed by atoms with Gasteiger partial charge >= 0.3 is 0 Å². The van der Waals surface area contributed by atoms with Gasteiger partial charge in [-0.3, -0.25) is 4.90 Å². The van der Waals surface area contributed by atoms with Gasteiger partial charge in [0.2, 0.25) is 0 Å². The molecule has 3 atom stereocenters. The molecular formula is C21H25N3O2. The molecule has 5 nitrogen and oxygen atoms in total. The quantitative estimate of drug-likeness (QED) is 0.921. The van der Waals surface area contributed by atoms with Crippen LogP contribution >= 0.6 is 0 Å². The van der Waals surface area contributed by atoms with Gasteiger partial charge in [0.25, 0.3) is 5.88 Å². The number of hydrogen-bond acceptors (Lipinski definition) is 5. The molecule has 3 saturated heterocycles. The van der Waals surface area contributed by atoms with Gasteiger partial charge in [-0.2, -0.15) is 0 Å². The van der Waals surface area contributed by atoms with E-state index < -0.39 is 0 Å². The van der Waals surface area contributed by atoms with Gasteiger partial charge in [0.1, 0.15) is 6.61 Å². The van der Waals surface area contributed by atoms with Crippen molar-refractivity contribution >= 4 is 0 Å². The number of fused-ring (bicyclic) bond motifs is 5. The zero-order valence-electron chi connectivity index (χ0n) is 14.9. The number of nitrogens with zero attached hydrogens (tertiary/aromatic N) is 2. The van der Waals surface area contributed by atoms with E-state index >= 15 is 0 Å². The summed E-state index contributed by atoms with van der Waals surface area (Å²) in [5.41, 5.74) is 2.51. The van der Waals surface area contributed by atoms with E-state index in [9.17, 15) is 0 Å². The van der Waals surface area contributed by atoms with Gasteiger partial charge in [-0.05, 0) is 48.6 Å². The highest BCUT2D eigenvalue weighted by Gasteiger charge is 2.29. The van der Waals surface area contributed by atoms with Crippen molar-refractivity contribution in [2.45, 2.75) is 31.5 Å². The van der Waals surface area contributed by atoms with E-state index in [-0.39, 0.29) is 6.10 Å². The molecule has 5 heteroatoms. The third kappa shape index (κ3) is 3.29. The standard InChI is InChI=1S/C21H25N3O2/c1-2-19-21(22-9-1)26-20(14-25-19)17-6-3-15(4-7-17)11-24-12-16-5-8-18(13-24)23-10-16/h1-4,6-7,9,16,18,20,23H,5,8,10-14H2. The predicted octanol–water partition coefficient (Wildman–Crippen LogP) is 2.78. The Balaban J connectivity index is 1.25. The summed E-state index contributed by atoms with van der Waals surface area (Å²) in [6.07, 6.45) is 4.34. The maximum Gasteiger partial charge on any atom is 0.257 e. The van der Waals surface area contributed by atoms with Crippen molar-refractivity contribution in [1.29, 1.82) is 0 Å². The summed E-state index contributed by atoms with van der Waals surface area (Å²) < 4.78 is 11.8. The molecule has 0 saturated carbocycles. The second kappa shape index (κ2) is 6.89. The van der Waals surface area contributed by atoms with Crippen LogP contribution in [0.1, 0.15) is 30.1 Å². The third-order valence-corrected chi connectivity index (χ3v) is 5.75. The molecular weight excluding hydrogens is 326 g/mol. The Hall–Kier alpha value is -2.11. The highest BCUT2D eigenvalue weighted by Crippen LogP contribution is 2.34. The molecule has 0 aliphatic carbocycles. The van der Waals surface area contributed by atoms with Crippen molar-refractivity contribution in [2.24, 2.45) is 5.92 Å². The van der Waals surface area contributed by atoms with E-state index in [0.717, 1.165) is 23.8 Å². The Morgan fingerprint density at radius 2 is 2.04 bits per heavy atom. The normalized spacial score (nSPS) is 27.9. The van der Waals surface area contributed by atoms with Gasteiger partial charge in [-0.25, -0.2) is 4.98 Å². The summed E-state index contributed by atoms with van der Waals surface area (Å²) in [6, 6.07) is 13.2. The van der Waals surface area contributed by atoms with Crippen LogP contribution in [0.25, 0.3) is 0 Å². The first-order valence-electron chi connectivity index (χ1n) is 9.62. The van der Waals surface area contributed by atoms with Crippen LogP contribution in [0.15, 0.2) is 42.6 Å². The Labute approximate surface area is 154 Å². The lowest BCUT2D eigenvalue weighted by atomic mass is 9.97. The third-order valence-electron chi connectivity index (χ3n) is 5.75. The number of benzene rings is 1. The molecule has 3 unspecified atom stereocenters. The summed E-state index contributed by atoms with van der Waals surface area (Å²) in [6.45, 7) is 5.13. The van der Waals surface area contributed by atoms with E-state index in [0.29, 0.717) is 18.5 Å². The van der Waals surface area contributed by atoms with Crippen molar-refractivity contribution in [3.8, 4) is 11.6 Å². The molecule has 26 heavy (non-hydrogen) atoms. The van der Waals surface area contributed by atoms with Gasteiger partial charge < -0.3 is 14.8 Å². The lowest BCUT2D eigenvalue weighted by Gasteiger charge is -2.26. The van der Waals surface area contributed by atoms with Crippen molar-refractivity contribution in [1.82, 2.24) is 15.2 Å². The SMILES string of the molecule is c1cnc2c(c1)OCC(c1ccc(CN3CC4CCC(C3)NC4)cc1)O2. The molecule has 136 valence electrons. The number of ether oxygens (including phenoxy) is 2. The van der Waals surface area contributed by atoms with Crippen LogP contribution in [0.3, 0.4) is 0 Å². The molecule has 1 N–H and O–H groups in total. The summed E-state index contributed by atoms with van der Waals surface area (Å²) in [4.78, 5) is 6.87. The minimum atomic E-state index is -0.0929. The second-order valence-corrected chi connectivity index (χ2v) is 7.71. The zero-order chi connectivity index (χ0) is 17.3. The van der Waals surface area contributed by atoms with Crippen LogP contribution in [0, 0.1) is 5.92 Å². The van der Waals surface area contributed by atoms with Gasteiger partial charge in [0.05, 0.1) is 0 Å². The Morgan fingerprint density at radius 3 is 2.88 bits per heavy atom. The number of rotatable bonds is 3. The first-order valence-corrected chi connectivity index (χ1v) is 9.62. The zero-order valence-corrected chi connectivity index (χ0v) is 14.9. The summed E-state index contributed by atoms with van der Waals surface area (Å²) in [7, 11) is 0. The lowest BCUT2D eigenvalue weighted by molar-refractivity contribution is 0.0851. The predicted molar refractivity (Wildman–Crippen MR) is 99.3 cm³/mol. The van der Waals surface area contributed by atoms with Crippen LogP contribution in [0.2, 0.25) is 0 Å². The second-order valence-electron chi connectivity index (χ2n) is 7.71. The van der Waals surface area contributed by atoms with E-state index in [2.05, 4.69) is 39.5 Å². The van der Waals surface area contributed by atoms with Gasteiger partial charge in [0.15, 0.2) is 11.9 Å². The van der Waals surface area contributed by atoms with Crippen LogP contribution < -0.4 is 14.8 Å². The van der Waals surface area contributed by atoms with E-state index in [4.69, 9.17) is 9.47 Å². The molecule has 5 heterocycles. The summed E-state index contributed by atoms with van der Waals surface area (Å²) >= 11 is 0. The maximum atomic E-state index is 6.01. The monoisotopic (exact) mass is 351 g/mol. The van der Waals surface area contributed by atoms with Crippen molar-refractivity contribution in [3.05, 3.63) is 53.7 Å². The fraction of sp³-hybridized carbons (Fsp3) is 0.476. The van der Waals surface area contributed by atoms with Gasteiger partial charge in [-0.15, -0.1) is 0 Å². The van der Waals surface area contributed by atoms with Crippen LogP contribution in [-0.2, 0) is 6.54 Å². The molecule has 2 bridgehead atoms. The maximum absolute atomic E-state index is 6.01. The molecule has 4 aliphatic heterocycles. The molecule has 6 rings (SSSR count). The summed E-state index contributed by atoms with van der Waals surface area (Å²) in [5.74, 6) is 2.12. The van der Waals surface area contributed by atoms with E-state index in [1.807, 2.05) is 12.1 Å². The average Bonchev–Trinajstić information content (AvgIpc) is 3.01. The Bertz CT molecular complexity index is 742. The molecule has 0 radical (unpaired) electrons. The first kappa shape index (κ1) is 16.1. The molecule has 3 fully saturated rings. The van der Waals surface area contributed by atoms with Gasteiger partial charge in [-0.1, -0.05) is 24.3 Å². The lowest BCUT2D eigenvalue weighted by Crippen LogP contribution is -2.39.